The van der Waals surface area contributed by atoms with Gasteiger partial charge in [0.05, 0.1) is 5.57 Å². The molecule has 12 heavy (non-hydrogen) atoms. The molecule has 0 aromatic rings. The quantitative estimate of drug-likeness (QED) is 0.356. The lowest BCUT2D eigenvalue weighted by Crippen LogP contribution is -2.03. The Morgan fingerprint density at radius 1 is 1.33 bits per heavy atom. The zero-order chi connectivity index (χ0) is 8.81. The van der Waals surface area contributed by atoms with Gasteiger partial charge in [-0.05, 0) is 18.8 Å². The van der Waals surface area contributed by atoms with Crippen LogP contribution in [0.4, 0.5) is 0 Å². The van der Waals surface area contributed by atoms with E-state index in [0.717, 1.165) is 12.8 Å². The highest BCUT2D eigenvalue weighted by Gasteiger charge is 2.11. The van der Waals surface area contributed by atoms with Gasteiger partial charge < -0.3 is 0 Å². The summed E-state index contributed by atoms with van der Waals surface area (Å²) in [7, 11) is 0. The number of allylic oxidation sites excluding steroid dienone is 2. The molecule has 2 nitrogen and oxygen atoms in total. The fraction of sp³-hybridized carbons (Fsp3) is 0.600. The van der Waals surface area contributed by atoms with E-state index in [4.69, 9.17) is 5.26 Å². The minimum atomic E-state index is 0.293. The average molecular weight is 163 g/mol. The first-order valence-corrected chi connectivity index (χ1v) is 4.44. The Morgan fingerprint density at radius 2 is 2.00 bits per heavy atom. The summed E-state index contributed by atoms with van der Waals surface area (Å²) in [6, 6.07) is 1.89. The van der Waals surface area contributed by atoms with Crippen molar-refractivity contribution in [1.29, 1.82) is 5.26 Å². The molecule has 1 aliphatic rings. The Labute approximate surface area is 72.9 Å². The zero-order valence-electron chi connectivity index (χ0n) is 7.12. The van der Waals surface area contributed by atoms with E-state index >= 15 is 0 Å². The van der Waals surface area contributed by atoms with Crippen LogP contribution >= 0.6 is 0 Å². The van der Waals surface area contributed by atoms with Crippen molar-refractivity contribution < 1.29 is 4.79 Å². The van der Waals surface area contributed by atoms with Crippen LogP contribution < -0.4 is 0 Å². The Bertz CT molecular complexity index is 218. The molecule has 0 amide bonds. The van der Waals surface area contributed by atoms with Crippen molar-refractivity contribution in [2.24, 2.45) is 5.92 Å². The smallest absolute Gasteiger partial charge is 0.160 e. The summed E-state index contributed by atoms with van der Waals surface area (Å²) in [6.45, 7) is 0. The number of carbonyl (C=O) groups is 1. The van der Waals surface area contributed by atoms with E-state index in [1.807, 2.05) is 12.1 Å². The van der Waals surface area contributed by atoms with E-state index in [1.165, 1.54) is 19.3 Å². The molecule has 1 fully saturated rings. The molecular weight excluding hydrogens is 150 g/mol. The van der Waals surface area contributed by atoms with Crippen LogP contribution in [0.5, 0.6) is 0 Å². The molecule has 0 saturated heterocycles. The van der Waals surface area contributed by atoms with E-state index in [9.17, 15) is 4.79 Å². The number of rotatable bonds is 2. The number of hydrogen-bond acceptors (Lipinski definition) is 2. The monoisotopic (exact) mass is 163 g/mol. The van der Waals surface area contributed by atoms with Crippen LogP contribution in [-0.2, 0) is 4.79 Å². The van der Waals surface area contributed by atoms with Gasteiger partial charge in [0.25, 0.3) is 0 Å². The molecule has 0 radical (unpaired) electrons. The molecule has 64 valence electrons. The van der Waals surface area contributed by atoms with Crippen molar-refractivity contribution in [3.63, 3.8) is 0 Å². The number of aldehydes is 1. The van der Waals surface area contributed by atoms with Crippen molar-refractivity contribution in [1.82, 2.24) is 0 Å². The third-order valence-electron chi connectivity index (χ3n) is 2.32. The van der Waals surface area contributed by atoms with Gasteiger partial charge in [0, 0.05) is 0 Å². The minimum absolute atomic E-state index is 0.293. The first-order chi connectivity index (χ1) is 5.86. The van der Waals surface area contributed by atoms with Crippen molar-refractivity contribution in [2.75, 3.05) is 0 Å². The SMILES string of the molecule is N#C/C(C=O)=C\C1CCCCC1. The molecule has 0 heterocycles. The summed E-state index contributed by atoms with van der Waals surface area (Å²) in [5, 5.41) is 8.51. The minimum Gasteiger partial charge on any atom is -0.297 e. The van der Waals surface area contributed by atoms with Crippen LogP contribution in [0.15, 0.2) is 11.6 Å². The number of nitrogens with zero attached hydrogens (tertiary/aromatic N) is 1. The number of nitriles is 1. The lowest BCUT2D eigenvalue weighted by molar-refractivity contribution is -0.104. The second-order valence-electron chi connectivity index (χ2n) is 3.25. The van der Waals surface area contributed by atoms with Gasteiger partial charge in [-0.3, -0.25) is 4.79 Å². The van der Waals surface area contributed by atoms with E-state index in [2.05, 4.69) is 0 Å². The molecule has 0 bridgehead atoms. The van der Waals surface area contributed by atoms with Gasteiger partial charge in [0.1, 0.15) is 6.07 Å². The van der Waals surface area contributed by atoms with Crippen LogP contribution in [-0.4, -0.2) is 6.29 Å². The second-order valence-corrected chi connectivity index (χ2v) is 3.25. The van der Waals surface area contributed by atoms with Gasteiger partial charge in [-0.2, -0.15) is 5.26 Å². The number of carbonyl (C=O) groups excluding carboxylic acids is 1. The average Bonchev–Trinajstić information content (AvgIpc) is 2.16. The highest BCUT2D eigenvalue weighted by atomic mass is 16.1. The van der Waals surface area contributed by atoms with E-state index in [-0.39, 0.29) is 0 Å². The third kappa shape index (κ3) is 2.50. The molecular formula is C10H13NO. The largest absolute Gasteiger partial charge is 0.297 e. The molecule has 0 spiro atoms. The summed E-state index contributed by atoms with van der Waals surface area (Å²) in [5.41, 5.74) is 0.293. The van der Waals surface area contributed by atoms with Gasteiger partial charge in [0.2, 0.25) is 0 Å². The first-order valence-electron chi connectivity index (χ1n) is 4.44. The normalized spacial score (nSPS) is 20.1. The number of hydrogen-bond donors (Lipinski definition) is 0. The molecule has 0 atom stereocenters. The van der Waals surface area contributed by atoms with Crippen LogP contribution in [0.1, 0.15) is 32.1 Å². The summed E-state index contributed by atoms with van der Waals surface area (Å²) in [5.74, 6) is 0.471. The van der Waals surface area contributed by atoms with Crippen LogP contribution in [0.2, 0.25) is 0 Å². The lowest BCUT2D eigenvalue weighted by atomic mass is 9.88. The van der Waals surface area contributed by atoms with Gasteiger partial charge in [-0.15, -0.1) is 0 Å². The highest BCUT2D eigenvalue weighted by molar-refractivity contribution is 5.78. The maximum Gasteiger partial charge on any atom is 0.160 e. The van der Waals surface area contributed by atoms with E-state index in [1.54, 1.807) is 0 Å². The highest BCUT2D eigenvalue weighted by Crippen LogP contribution is 2.25. The van der Waals surface area contributed by atoms with Crippen LogP contribution in [0, 0.1) is 17.2 Å². The lowest BCUT2D eigenvalue weighted by Gasteiger charge is -2.17. The summed E-state index contributed by atoms with van der Waals surface area (Å²) in [6.07, 6.45) is 8.52. The third-order valence-corrected chi connectivity index (χ3v) is 2.32. The Kier molecular flexibility index (Phi) is 3.53. The predicted molar refractivity (Wildman–Crippen MR) is 46.3 cm³/mol. The fourth-order valence-electron chi connectivity index (χ4n) is 1.66. The maximum absolute atomic E-state index is 10.3. The van der Waals surface area contributed by atoms with E-state index < -0.39 is 0 Å². The Morgan fingerprint density at radius 3 is 2.50 bits per heavy atom. The van der Waals surface area contributed by atoms with Gasteiger partial charge in [0.15, 0.2) is 6.29 Å². The fourth-order valence-corrected chi connectivity index (χ4v) is 1.66. The predicted octanol–water partition coefficient (Wildman–Crippen LogP) is 2.22. The standard InChI is InChI=1S/C10H13NO/c11-7-10(8-12)6-9-4-2-1-3-5-9/h6,8-9H,1-5H2/b10-6+. The van der Waals surface area contributed by atoms with Crippen LogP contribution in [0.25, 0.3) is 0 Å². The molecule has 1 rings (SSSR count). The van der Waals surface area contributed by atoms with Crippen molar-refractivity contribution in [2.45, 2.75) is 32.1 Å². The molecule has 0 N–H and O–H groups in total. The Balaban J connectivity index is 2.52. The molecule has 0 aromatic carbocycles. The molecule has 2 heteroatoms. The van der Waals surface area contributed by atoms with E-state index in [0.29, 0.717) is 17.8 Å². The topological polar surface area (TPSA) is 40.9 Å². The first kappa shape index (κ1) is 8.99. The van der Waals surface area contributed by atoms with Crippen molar-refractivity contribution in [3.8, 4) is 6.07 Å². The summed E-state index contributed by atoms with van der Waals surface area (Å²) in [4.78, 5) is 10.3. The Hall–Kier alpha value is -1.10. The van der Waals surface area contributed by atoms with Gasteiger partial charge in [-0.25, -0.2) is 0 Å². The summed E-state index contributed by atoms with van der Waals surface area (Å²) >= 11 is 0. The summed E-state index contributed by atoms with van der Waals surface area (Å²) < 4.78 is 0. The molecule has 1 saturated carbocycles. The van der Waals surface area contributed by atoms with Gasteiger partial charge >= 0.3 is 0 Å². The van der Waals surface area contributed by atoms with Gasteiger partial charge in [-0.1, -0.05) is 25.3 Å². The van der Waals surface area contributed by atoms with Crippen molar-refractivity contribution >= 4 is 6.29 Å². The van der Waals surface area contributed by atoms with Crippen LogP contribution in [0.3, 0.4) is 0 Å². The molecule has 0 aromatic heterocycles. The maximum atomic E-state index is 10.3. The molecule has 0 aliphatic heterocycles. The zero-order valence-corrected chi connectivity index (χ0v) is 7.12. The molecule has 0 unspecified atom stereocenters. The second kappa shape index (κ2) is 4.71. The van der Waals surface area contributed by atoms with Crippen molar-refractivity contribution in [3.05, 3.63) is 11.6 Å². The molecule has 1 aliphatic carbocycles.